The number of rotatable bonds is 6. The van der Waals surface area contributed by atoms with Crippen molar-refractivity contribution < 1.29 is 0 Å². The number of hydrogen-bond donors (Lipinski definition) is 1. The van der Waals surface area contributed by atoms with E-state index in [1.807, 2.05) is 7.05 Å². The average molecular weight is 278 g/mol. The molecular weight excluding hydrogens is 256 g/mol. The molecule has 0 bridgehead atoms. The van der Waals surface area contributed by atoms with Crippen LogP contribution in [0, 0.1) is 0 Å². The Bertz CT molecular complexity index is 698. The van der Waals surface area contributed by atoms with Gasteiger partial charge in [0.1, 0.15) is 0 Å². The molecule has 108 valence electrons. The third-order valence-electron chi connectivity index (χ3n) is 3.98. The maximum Gasteiger partial charge on any atom is 0.0483 e. The van der Waals surface area contributed by atoms with Crippen molar-refractivity contribution >= 4 is 10.9 Å². The van der Waals surface area contributed by atoms with E-state index in [1.165, 1.54) is 28.5 Å². The van der Waals surface area contributed by atoms with Gasteiger partial charge in [-0.1, -0.05) is 42.5 Å². The van der Waals surface area contributed by atoms with Crippen molar-refractivity contribution in [1.82, 2.24) is 9.88 Å². The summed E-state index contributed by atoms with van der Waals surface area (Å²) in [5.41, 5.74) is 4.14. The van der Waals surface area contributed by atoms with E-state index in [9.17, 15) is 0 Å². The first kappa shape index (κ1) is 13.9. The first-order valence-electron chi connectivity index (χ1n) is 7.64. The predicted octanol–water partition coefficient (Wildman–Crippen LogP) is 3.99. The van der Waals surface area contributed by atoms with Crippen LogP contribution in [0.4, 0.5) is 0 Å². The van der Waals surface area contributed by atoms with Gasteiger partial charge in [-0.25, -0.2) is 0 Å². The van der Waals surface area contributed by atoms with Crippen LogP contribution < -0.4 is 5.32 Å². The highest BCUT2D eigenvalue weighted by molar-refractivity contribution is 5.83. The van der Waals surface area contributed by atoms with Crippen LogP contribution >= 0.6 is 0 Å². The van der Waals surface area contributed by atoms with Gasteiger partial charge < -0.3 is 9.88 Å². The van der Waals surface area contributed by atoms with Gasteiger partial charge in [0.05, 0.1) is 0 Å². The van der Waals surface area contributed by atoms with Crippen LogP contribution in [0.15, 0.2) is 60.8 Å². The van der Waals surface area contributed by atoms with Crippen LogP contribution in [0.25, 0.3) is 10.9 Å². The molecule has 21 heavy (non-hydrogen) atoms. The molecule has 2 nitrogen and oxygen atoms in total. The van der Waals surface area contributed by atoms with Crippen LogP contribution in [0.1, 0.15) is 17.5 Å². The van der Waals surface area contributed by atoms with Crippen molar-refractivity contribution in [3.63, 3.8) is 0 Å². The van der Waals surface area contributed by atoms with Crippen molar-refractivity contribution in [2.24, 2.45) is 0 Å². The molecule has 3 rings (SSSR count). The Morgan fingerprint density at radius 3 is 2.62 bits per heavy atom. The van der Waals surface area contributed by atoms with Crippen LogP contribution in [-0.2, 0) is 19.5 Å². The summed E-state index contributed by atoms with van der Waals surface area (Å²) in [6.45, 7) is 1.99. The van der Waals surface area contributed by atoms with Gasteiger partial charge in [-0.2, -0.15) is 0 Å². The third kappa shape index (κ3) is 3.17. The van der Waals surface area contributed by atoms with Crippen molar-refractivity contribution in [1.29, 1.82) is 0 Å². The molecule has 0 spiro atoms. The molecule has 0 fully saturated rings. The van der Waals surface area contributed by atoms with Gasteiger partial charge >= 0.3 is 0 Å². The highest BCUT2D eigenvalue weighted by atomic mass is 14.9. The molecule has 0 unspecified atom stereocenters. The van der Waals surface area contributed by atoms with Gasteiger partial charge in [0, 0.05) is 30.2 Å². The lowest BCUT2D eigenvalue weighted by molar-refractivity contribution is 0.662. The molecule has 2 aromatic carbocycles. The third-order valence-corrected chi connectivity index (χ3v) is 3.98. The van der Waals surface area contributed by atoms with Crippen LogP contribution in [0.2, 0.25) is 0 Å². The normalized spacial score (nSPS) is 11.1. The number of aryl methyl sites for hydroxylation is 2. The topological polar surface area (TPSA) is 17.0 Å². The monoisotopic (exact) mass is 278 g/mol. The fourth-order valence-corrected chi connectivity index (χ4v) is 2.92. The molecule has 0 atom stereocenters. The van der Waals surface area contributed by atoms with Crippen LogP contribution in [0.3, 0.4) is 0 Å². The minimum Gasteiger partial charge on any atom is -0.347 e. The minimum absolute atomic E-state index is 0.922. The van der Waals surface area contributed by atoms with E-state index < -0.39 is 0 Å². The molecule has 0 saturated carbocycles. The van der Waals surface area contributed by atoms with Gasteiger partial charge in [-0.15, -0.1) is 0 Å². The summed E-state index contributed by atoms with van der Waals surface area (Å²) < 4.78 is 2.37. The Hall–Kier alpha value is -2.06. The van der Waals surface area contributed by atoms with Gasteiger partial charge in [0.25, 0.3) is 0 Å². The van der Waals surface area contributed by atoms with E-state index >= 15 is 0 Å². The molecule has 0 aliphatic heterocycles. The highest BCUT2D eigenvalue weighted by Crippen LogP contribution is 2.21. The Balaban J connectivity index is 1.71. The second-order valence-corrected chi connectivity index (χ2v) is 5.48. The Labute approximate surface area is 126 Å². The summed E-state index contributed by atoms with van der Waals surface area (Å²) in [5.74, 6) is 0. The van der Waals surface area contributed by atoms with E-state index in [-0.39, 0.29) is 0 Å². The summed E-state index contributed by atoms with van der Waals surface area (Å²) in [6.07, 6.45) is 4.52. The molecule has 0 aliphatic rings. The van der Waals surface area contributed by atoms with Crippen molar-refractivity contribution in [2.45, 2.75) is 25.9 Å². The molecular formula is C19H22N2. The maximum absolute atomic E-state index is 3.24. The number of fused-ring (bicyclic) bond motifs is 1. The van der Waals surface area contributed by atoms with Gasteiger partial charge in [-0.3, -0.25) is 0 Å². The average Bonchev–Trinajstić information content (AvgIpc) is 2.93. The summed E-state index contributed by atoms with van der Waals surface area (Å²) in [4.78, 5) is 0. The number of benzene rings is 2. The first-order chi connectivity index (χ1) is 10.4. The Morgan fingerprint density at radius 1 is 0.952 bits per heavy atom. The lowest BCUT2D eigenvalue weighted by atomic mass is 10.1. The molecule has 0 saturated heterocycles. The molecule has 0 amide bonds. The van der Waals surface area contributed by atoms with Crippen molar-refractivity contribution in [3.8, 4) is 0 Å². The van der Waals surface area contributed by atoms with Crippen molar-refractivity contribution in [2.75, 3.05) is 7.05 Å². The lowest BCUT2D eigenvalue weighted by Crippen LogP contribution is -2.05. The quantitative estimate of drug-likeness (QED) is 0.721. The van der Waals surface area contributed by atoms with E-state index in [2.05, 4.69) is 70.7 Å². The fraction of sp³-hybridized carbons (Fsp3) is 0.263. The van der Waals surface area contributed by atoms with E-state index in [0.717, 1.165) is 19.5 Å². The largest absolute Gasteiger partial charge is 0.347 e. The Kier molecular flexibility index (Phi) is 4.37. The lowest BCUT2D eigenvalue weighted by Gasteiger charge is -2.07. The number of aromatic nitrogens is 1. The van der Waals surface area contributed by atoms with E-state index in [0.29, 0.717) is 0 Å². The van der Waals surface area contributed by atoms with Crippen molar-refractivity contribution in [3.05, 3.63) is 71.9 Å². The number of nitrogens with zero attached hydrogens (tertiary/aromatic N) is 1. The van der Waals surface area contributed by atoms with Gasteiger partial charge in [0.15, 0.2) is 0 Å². The smallest absolute Gasteiger partial charge is 0.0483 e. The highest BCUT2D eigenvalue weighted by Gasteiger charge is 2.04. The Morgan fingerprint density at radius 2 is 1.81 bits per heavy atom. The molecule has 3 aromatic rings. The van der Waals surface area contributed by atoms with Crippen LogP contribution in [-0.4, -0.2) is 11.6 Å². The first-order valence-corrected chi connectivity index (χ1v) is 7.64. The number of hydrogen-bond acceptors (Lipinski definition) is 1. The van der Waals surface area contributed by atoms with Gasteiger partial charge in [0.2, 0.25) is 0 Å². The second kappa shape index (κ2) is 6.59. The standard InChI is InChI=1S/C19H22N2/c1-20-15-17-10-5-11-19-18(17)12-14-21(19)13-6-9-16-7-3-2-4-8-16/h2-5,7-8,10-12,14,20H,6,9,13,15H2,1H3. The summed E-state index contributed by atoms with van der Waals surface area (Å²) in [5, 5.41) is 4.61. The molecule has 1 N–H and O–H groups in total. The molecule has 0 aliphatic carbocycles. The van der Waals surface area contributed by atoms with E-state index in [1.54, 1.807) is 0 Å². The zero-order valence-electron chi connectivity index (χ0n) is 12.5. The van der Waals surface area contributed by atoms with E-state index in [4.69, 9.17) is 0 Å². The van der Waals surface area contributed by atoms with Gasteiger partial charge in [-0.05, 0) is 43.1 Å². The maximum atomic E-state index is 3.24. The SMILES string of the molecule is CNCc1cccc2c1ccn2CCCc1ccccc1. The number of nitrogens with one attached hydrogen (secondary N) is 1. The molecule has 2 heteroatoms. The molecule has 1 heterocycles. The second-order valence-electron chi connectivity index (χ2n) is 5.48. The zero-order valence-corrected chi connectivity index (χ0v) is 12.5. The minimum atomic E-state index is 0.922. The molecule has 0 radical (unpaired) electrons. The molecule has 1 aromatic heterocycles. The fourth-order valence-electron chi connectivity index (χ4n) is 2.92. The summed E-state index contributed by atoms with van der Waals surface area (Å²) in [7, 11) is 2.00. The summed E-state index contributed by atoms with van der Waals surface area (Å²) >= 11 is 0. The predicted molar refractivity (Wildman–Crippen MR) is 89.5 cm³/mol. The summed E-state index contributed by atoms with van der Waals surface area (Å²) in [6, 6.07) is 19.5. The van der Waals surface area contributed by atoms with Crippen LogP contribution in [0.5, 0.6) is 0 Å². The zero-order chi connectivity index (χ0) is 14.5.